The number of guanidine groups is 1. The van der Waals surface area contributed by atoms with Crippen molar-refractivity contribution in [1.29, 1.82) is 0 Å². The van der Waals surface area contributed by atoms with Crippen LogP contribution in [-0.4, -0.2) is 86.0 Å². The molecule has 0 aromatic heterocycles. The van der Waals surface area contributed by atoms with Crippen molar-refractivity contribution in [3.8, 4) is 0 Å². The zero-order valence-electron chi connectivity index (χ0n) is 17.0. The maximum Gasteiger partial charge on any atom is 0.243 e. The number of likely N-dealkylation sites (N-methyl/N-ethyl adjacent to an activating group) is 1. The Hall–Kier alpha value is -0.220. The van der Waals surface area contributed by atoms with E-state index in [0.717, 1.165) is 37.8 Å². The minimum Gasteiger partial charge on any atom is -0.356 e. The number of nitrogens with zero attached hydrogens (tertiary/aromatic N) is 3. The number of amides is 1. The van der Waals surface area contributed by atoms with Gasteiger partial charge in [-0.3, -0.25) is 9.69 Å². The molecular formula is C17H38IN5OS. The van der Waals surface area contributed by atoms with Crippen molar-refractivity contribution < 1.29 is 4.79 Å². The van der Waals surface area contributed by atoms with E-state index < -0.39 is 0 Å². The van der Waals surface area contributed by atoms with Gasteiger partial charge in [-0.1, -0.05) is 0 Å². The predicted molar refractivity (Wildman–Crippen MR) is 122 cm³/mol. The molecule has 0 saturated heterocycles. The molecule has 0 heterocycles. The van der Waals surface area contributed by atoms with Gasteiger partial charge in [0.2, 0.25) is 5.91 Å². The van der Waals surface area contributed by atoms with Crippen molar-refractivity contribution in [1.82, 2.24) is 20.4 Å². The largest absolute Gasteiger partial charge is 0.356 e. The Bertz CT molecular complexity index is 370. The molecule has 0 unspecified atom stereocenters. The van der Waals surface area contributed by atoms with E-state index in [0.29, 0.717) is 12.1 Å². The molecule has 0 aliphatic carbocycles. The predicted octanol–water partition coefficient (Wildman–Crippen LogP) is 2.10. The van der Waals surface area contributed by atoms with E-state index in [4.69, 9.17) is 0 Å². The second-order valence-corrected chi connectivity index (χ2v) is 7.56. The quantitative estimate of drug-likeness (QED) is 0.202. The molecule has 0 fully saturated rings. The van der Waals surface area contributed by atoms with Crippen molar-refractivity contribution >= 4 is 47.6 Å². The van der Waals surface area contributed by atoms with Crippen molar-refractivity contribution in [2.45, 2.75) is 46.2 Å². The van der Waals surface area contributed by atoms with Crippen molar-refractivity contribution in [2.75, 3.05) is 52.3 Å². The van der Waals surface area contributed by atoms with Crippen LogP contribution in [0.25, 0.3) is 0 Å². The van der Waals surface area contributed by atoms with Gasteiger partial charge in [0.25, 0.3) is 0 Å². The number of aliphatic imine (C=N–C) groups is 1. The summed E-state index contributed by atoms with van der Waals surface area (Å²) in [7, 11) is 3.50. The highest BCUT2D eigenvalue weighted by Crippen LogP contribution is 2.05. The number of thioether (sulfide) groups is 1. The summed E-state index contributed by atoms with van der Waals surface area (Å²) in [6, 6.07) is 1.10. The molecule has 150 valence electrons. The Morgan fingerprint density at radius 3 is 2.12 bits per heavy atom. The first-order chi connectivity index (χ1) is 11.3. The molecule has 0 spiro atoms. The van der Waals surface area contributed by atoms with Gasteiger partial charge in [-0.2, -0.15) is 11.8 Å². The standard InChI is InChI=1S/C17H37N5OS.HI/c1-14(2)22(15(3)4)11-8-9-18-17(19-10-12-24-7)20-13-16(23)21(5)6;/h14-15H,8-13H2,1-7H3,(H2,18,19,20);1H. The third kappa shape index (κ3) is 13.6. The molecule has 0 bridgehead atoms. The second kappa shape index (κ2) is 16.0. The SMILES string of the molecule is CSCCNC(=NCC(=O)N(C)C)NCCCN(C(C)C)C(C)C.I. The van der Waals surface area contributed by atoms with Crippen LogP contribution in [0.2, 0.25) is 0 Å². The Morgan fingerprint density at radius 1 is 1.08 bits per heavy atom. The van der Waals surface area contributed by atoms with Crippen molar-refractivity contribution in [3.05, 3.63) is 0 Å². The van der Waals surface area contributed by atoms with Gasteiger partial charge in [0.1, 0.15) is 6.54 Å². The van der Waals surface area contributed by atoms with Gasteiger partial charge in [-0.15, -0.1) is 24.0 Å². The third-order valence-corrected chi connectivity index (χ3v) is 4.29. The molecule has 25 heavy (non-hydrogen) atoms. The number of hydrogen-bond acceptors (Lipinski definition) is 4. The second-order valence-electron chi connectivity index (χ2n) is 6.58. The molecular weight excluding hydrogens is 449 g/mol. The maximum atomic E-state index is 11.7. The fraction of sp³-hybridized carbons (Fsp3) is 0.882. The van der Waals surface area contributed by atoms with Crippen LogP contribution in [0.3, 0.4) is 0 Å². The van der Waals surface area contributed by atoms with Crippen LogP contribution in [-0.2, 0) is 4.79 Å². The van der Waals surface area contributed by atoms with Crippen LogP contribution in [0.4, 0.5) is 0 Å². The van der Waals surface area contributed by atoms with Gasteiger partial charge in [0.15, 0.2) is 5.96 Å². The summed E-state index contributed by atoms with van der Waals surface area (Å²) in [4.78, 5) is 20.1. The van der Waals surface area contributed by atoms with Crippen LogP contribution in [0.5, 0.6) is 0 Å². The number of carbonyl (C=O) groups is 1. The van der Waals surface area contributed by atoms with E-state index in [2.05, 4.69) is 54.5 Å². The van der Waals surface area contributed by atoms with E-state index in [1.165, 1.54) is 0 Å². The van der Waals surface area contributed by atoms with Gasteiger partial charge in [-0.05, 0) is 40.4 Å². The number of carbonyl (C=O) groups excluding carboxylic acids is 1. The lowest BCUT2D eigenvalue weighted by atomic mass is 10.2. The van der Waals surface area contributed by atoms with Crippen molar-refractivity contribution in [2.24, 2.45) is 4.99 Å². The highest BCUT2D eigenvalue weighted by atomic mass is 127. The summed E-state index contributed by atoms with van der Waals surface area (Å²) in [6.07, 6.45) is 3.12. The van der Waals surface area contributed by atoms with E-state index in [1.807, 2.05) is 0 Å². The average molecular weight is 487 g/mol. The van der Waals surface area contributed by atoms with Crippen LogP contribution >= 0.6 is 35.7 Å². The maximum absolute atomic E-state index is 11.7. The topological polar surface area (TPSA) is 60.0 Å². The highest BCUT2D eigenvalue weighted by molar-refractivity contribution is 14.0. The normalized spacial score (nSPS) is 11.7. The fourth-order valence-electron chi connectivity index (χ4n) is 2.32. The molecule has 2 N–H and O–H groups in total. The van der Waals surface area contributed by atoms with E-state index in [1.54, 1.807) is 30.8 Å². The molecule has 0 radical (unpaired) electrons. The Morgan fingerprint density at radius 2 is 1.64 bits per heavy atom. The molecule has 0 aromatic rings. The third-order valence-electron chi connectivity index (χ3n) is 3.68. The molecule has 0 aromatic carbocycles. The summed E-state index contributed by atoms with van der Waals surface area (Å²) in [6.45, 7) is 11.8. The zero-order valence-corrected chi connectivity index (χ0v) is 20.1. The van der Waals surface area contributed by atoms with Gasteiger partial charge < -0.3 is 15.5 Å². The molecule has 8 heteroatoms. The molecule has 0 aliphatic rings. The molecule has 0 rings (SSSR count). The molecule has 6 nitrogen and oxygen atoms in total. The minimum atomic E-state index is 0. The van der Waals surface area contributed by atoms with E-state index >= 15 is 0 Å². The minimum absolute atomic E-state index is 0. The first-order valence-corrected chi connectivity index (χ1v) is 10.2. The lowest BCUT2D eigenvalue weighted by Crippen LogP contribution is -2.42. The zero-order chi connectivity index (χ0) is 18.5. The molecule has 0 atom stereocenters. The Labute approximate surface area is 176 Å². The van der Waals surface area contributed by atoms with Gasteiger partial charge in [0.05, 0.1) is 0 Å². The summed E-state index contributed by atoms with van der Waals surface area (Å²) in [5, 5.41) is 6.62. The van der Waals surface area contributed by atoms with Gasteiger partial charge >= 0.3 is 0 Å². The first-order valence-electron chi connectivity index (χ1n) is 8.76. The lowest BCUT2D eigenvalue weighted by Gasteiger charge is -2.30. The number of hydrogen-bond donors (Lipinski definition) is 2. The number of rotatable bonds is 11. The lowest BCUT2D eigenvalue weighted by molar-refractivity contribution is -0.127. The fourth-order valence-corrected chi connectivity index (χ4v) is 2.62. The summed E-state index contributed by atoms with van der Waals surface area (Å²) < 4.78 is 0. The smallest absolute Gasteiger partial charge is 0.243 e. The van der Waals surface area contributed by atoms with Crippen LogP contribution in [0.1, 0.15) is 34.1 Å². The van der Waals surface area contributed by atoms with Gasteiger partial charge in [0, 0.05) is 51.6 Å². The molecule has 0 aliphatic heterocycles. The Balaban J connectivity index is 0. The first kappa shape index (κ1) is 27.0. The van der Waals surface area contributed by atoms with Crippen LogP contribution in [0.15, 0.2) is 4.99 Å². The average Bonchev–Trinajstić information content (AvgIpc) is 2.50. The molecule has 1 amide bonds. The molecule has 0 saturated carbocycles. The van der Waals surface area contributed by atoms with Gasteiger partial charge in [-0.25, -0.2) is 4.99 Å². The summed E-state index contributed by atoms with van der Waals surface area (Å²) in [5.74, 6) is 1.74. The number of halogens is 1. The van der Waals surface area contributed by atoms with E-state index in [9.17, 15) is 4.79 Å². The summed E-state index contributed by atoms with van der Waals surface area (Å²) in [5.41, 5.74) is 0. The summed E-state index contributed by atoms with van der Waals surface area (Å²) >= 11 is 1.78. The number of nitrogens with one attached hydrogen (secondary N) is 2. The highest BCUT2D eigenvalue weighted by Gasteiger charge is 2.12. The monoisotopic (exact) mass is 487 g/mol. The van der Waals surface area contributed by atoms with Crippen LogP contribution in [0, 0.1) is 0 Å². The van der Waals surface area contributed by atoms with Crippen molar-refractivity contribution in [3.63, 3.8) is 0 Å². The van der Waals surface area contributed by atoms with E-state index in [-0.39, 0.29) is 36.4 Å². The Kier molecular flexibility index (Phi) is 17.3. The van der Waals surface area contributed by atoms with Crippen LogP contribution < -0.4 is 10.6 Å².